The molecule has 0 aliphatic carbocycles. The van der Waals surface area contributed by atoms with Crippen molar-refractivity contribution in [1.29, 1.82) is 0 Å². The number of rotatable bonds is 1. The Morgan fingerprint density at radius 3 is 2.17 bits per heavy atom. The van der Waals surface area contributed by atoms with Crippen molar-refractivity contribution < 1.29 is 13.2 Å². The molecule has 96 valence electrons. The minimum Gasteiger partial charge on any atom is -0.222 e. The van der Waals surface area contributed by atoms with Gasteiger partial charge >= 0.3 is 6.18 Å². The Labute approximate surface area is 115 Å². The van der Waals surface area contributed by atoms with Gasteiger partial charge in [0.25, 0.3) is 0 Å². The second-order valence-electron chi connectivity index (χ2n) is 3.36. The lowest BCUT2D eigenvalue weighted by Gasteiger charge is -2.05. The molecular weight excluding hydrogens is 311 g/mol. The van der Waals surface area contributed by atoms with Gasteiger partial charge in [0.2, 0.25) is 0 Å². The molecule has 0 atom stereocenters. The Kier molecular flexibility index (Phi) is 3.49. The summed E-state index contributed by atoms with van der Waals surface area (Å²) in [6, 6.07) is 5.03. The summed E-state index contributed by atoms with van der Waals surface area (Å²) in [4.78, 5) is 0. The first-order chi connectivity index (χ1) is 8.29. The van der Waals surface area contributed by atoms with E-state index in [1.165, 1.54) is 18.2 Å². The van der Waals surface area contributed by atoms with E-state index in [0.717, 1.165) is 10.7 Å². The number of alkyl halides is 3. The summed E-state index contributed by atoms with van der Waals surface area (Å²) in [5, 5.41) is 3.71. The highest BCUT2D eigenvalue weighted by Crippen LogP contribution is 2.32. The molecule has 2 rings (SSSR count). The van der Waals surface area contributed by atoms with E-state index in [-0.39, 0.29) is 10.2 Å². The van der Waals surface area contributed by atoms with Gasteiger partial charge in [-0.2, -0.15) is 18.3 Å². The second kappa shape index (κ2) is 4.64. The number of aromatic nitrogens is 2. The van der Waals surface area contributed by atoms with E-state index in [4.69, 9.17) is 34.8 Å². The normalized spacial score (nSPS) is 11.9. The first-order valence-electron chi connectivity index (χ1n) is 4.57. The molecule has 1 aromatic heterocycles. The van der Waals surface area contributed by atoms with Gasteiger partial charge in [-0.15, -0.1) is 0 Å². The van der Waals surface area contributed by atoms with E-state index in [1.54, 1.807) is 0 Å². The van der Waals surface area contributed by atoms with E-state index in [1.807, 2.05) is 0 Å². The molecule has 8 heteroatoms. The summed E-state index contributed by atoms with van der Waals surface area (Å²) in [5.41, 5.74) is -0.775. The van der Waals surface area contributed by atoms with Gasteiger partial charge in [0, 0.05) is 6.07 Å². The molecule has 2 aromatic rings. The van der Waals surface area contributed by atoms with E-state index in [9.17, 15) is 13.2 Å². The molecule has 0 aliphatic rings. The summed E-state index contributed by atoms with van der Waals surface area (Å²) in [7, 11) is 0. The number of benzene rings is 1. The molecule has 0 saturated heterocycles. The summed E-state index contributed by atoms with van der Waals surface area (Å²) in [6.45, 7) is 0. The average molecular weight is 316 g/mol. The van der Waals surface area contributed by atoms with Gasteiger partial charge in [0.1, 0.15) is 5.15 Å². The van der Waals surface area contributed by atoms with Crippen LogP contribution in [0.25, 0.3) is 5.69 Å². The fourth-order valence-electron chi connectivity index (χ4n) is 1.29. The Hall–Kier alpha value is -0.910. The molecule has 0 fully saturated rings. The predicted molar refractivity (Wildman–Crippen MR) is 63.6 cm³/mol. The van der Waals surface area contributed by atoms with Gasteiger partial charge < -0.3 is 0 Å². The second-order valence-corrected chi connectivity index (χ2v) is 4.56. The van der Waals surface area contributed by atoms with Gasteiger partial charge in [-0.05, 0) is 18.2 Å². The van der Waals surface area contributed by atoms with E-state index in [2.05, 4.69) is 5.10 Å². The average Bonchev–Trinajstić information content (AvgIpc) is 2.64. The zero-order chi connectivity index (χ0) is 13.5. The maximum atomic E-state index is 12.5. The molecule has 0 spiro atoms. The molecule has 1 heterocycles. The van der Waals surface area contributed by atoms with Crippen molar-refractivity contribution in [3.8, 4) is 5.69 Å². The van der Waals surface area contributed by atoms with Crippen LogP contribution in [-0.4, -0.2) is 9.78 Å². The minimum atomic E-state index is -4.55. The summed E-state index contributed by atoms with van der Waals surface area (Å²) >= 11 is 17.2. The van der Waals surface area contributed by atoms with Gasteiger partial charge in [0.15, 0.2) is 5.69 Å². The summed E-state index contributed by atoms with van der Waals surface area (Å²) in [6.07, 6.45) is -4.55. The van der Waals surface area contributed by atoms with Crippen LogP contribution in [0.5, 0.6) is 0 Å². The quantitative estimate of drug-likeness (QED) is 0.735. The highest BCUT2D eigenvalue weighted by molar-refractivity contribution is 6.42. The largest absolute Gasteiger partial charge is 0.435 e. The Bertz CT molecular complexity index is 593. The first-order valence-corrected chi connectivity index (χ1v) is 5.70. The highest BCUT2D eigenvalue weighted by atomic mass is 35.5. The van der Waals surface area contributed by atoms with Gasteiger partial charge in [-0.25, -0.2) is 4.68 Å². The Balaban J connectivity index is 2.51. The third-order valence-electron chi connectivity index (χ3n) is 2.10. The zero-order valence-electron chi connectivity index (χ0n) is 8.47. The predicted octanol–water partition coefficient (Wildman–Crippen LogP) is 4.85. The van der Waals surface area contributed by atoms with Crippen molar-refractivity contribution in [2.75, 3.05) is 0 Å². The third kappa shape index (κ3) is 2.58. The van der Waals surface area contributed by atoms with E-state index < -0.39 is 11.9 Å². The van der Waals surface area contributed by atoms with Gasteiger partial charge in [-0.3, -0.25) is 0 Å². The smallest absolute Gasteiger partial charge is 0.222 e. The zero-order valence-corrected chi connectivity index (χ0v) is 10.7. The fraction of sp³-hybridized carbons (Fsp3) is 0.100. The van der Waals surface area contributed by atoms with Crippen LogP contribution in [0.1, 0.15) is 5.69 Å². The molecule has 0 radical (unpaired) electrons. The number of hydrogen-bond acceptors (Lipinski definition) is 1. The highest BCUT2D eigenvalue weighted by Gasteiger charge is 2.34. The SMILES string of the molecule is FC(F)(F)c1cc(Cl)n(-c2ccc(Cl)c(Cl)c2)n1. The van der Waals surface area contributed by atoms with Crippen LogP contribution in [0.15, 0.2) is 24.3 Å². The summed E-state index contributed by atoms with van der Waals surface area (Å²) < 4.78 is 38.3. The van der Waals surface area contributed by atoms with Crippen LogP contribution >= 0.6 is 34.8 Å². The number of nitrogens with zero attached hydrogens (tertiary/aromatic N) is 2. The molecule has 0 unspecified atom stereocenters. The lowest BCUT2D eigenvalue weighted by Crippen LogP contribution is -2.07. The van der Waals surface area contributed by atoms with Crippen molar-refractivity contribution in [3.05, 3.63) is 45.2 Å². The molecule has 18 heavy (non-hydrogen) atoms. The first kappa shape index (κ1) is 13.5. The van der Waals surface area contributed by atoms with Crippen molar-refractivity contribution >= 4 is 34.8 Å². The number of halogens is 6. The van der Waals surface area contributed by atoms with Crippen molar-refractivity contribution in [2.45, 2.75) is 6.18 Å². The van der Waals surface area contributed by atoms with Gasteiger partial charge in [0.05, 0.1) is 15.7 Å². The van der Waals surface area contributed by atoms with Crippen LogP contribution < -0.4 is 0 Å². The fourth-order valence-corrected chi connectivity index (χ4v) is 1.83. The molecule has 0 N–H and O–H groups in total. The van der Waals surface area contributed by atoms with Crippen molar-refractivity contribution in [3.63, 3.8) is 0 Å². The van der Waals surface area contributed by atoms with E-state index >= 15 is 0 Å². The van der Waals surface area contributed by atoms with Crippen LogP contribution in [0, 0.1) is 0 Å². The Morgan fingerprint density at radius 1 is 1.00 bits per heavy atom. The molecule has 0 bridgehead atoms. The standard InChI is InChI=1S/C10H4Cl3F3N2/c11-6-2-1-5(3-7(6)12)18-9(13)4-8(17-18)10(14,15)16/h1-4H. The molecular formula is C10H4Cl3F3N2. The number of hydrogen-bond donors (Lipinski definition) is 0. The third-order valence-corrected chi connectivity index (χ3v) is 3.11. The maximum Gasteiger partial charge on any atom is 0.435 e. The summed E-state index contributed by atoms with van der Waals surface area (Å²) in [5.74, 6) is 0. The maximum absolute atomic E-state index is 12.5. The molecule has 0 saturated carbocycles. The van der Waals surface area contributed by atoms with Crippen molar-refractivity contribution in [1.82, 2.24) is 9.78 Å². The van der Waals surface area contributed by atoms with Crippen LogP contribution in [0.4, 0.5) is 13.2 Å². The van der Waals surface area contributed by atoms with Gasteiger partial charge in [-0.1, -0.05) is 34.8 Å². The van der Waals surface area contributed by atoms with Crippen LogP contribution in [0.3, 0.4) is 0 Å². The topological polar surface area (TPSA) is 17.8 Å². The lowest BCUT2D eigenvalue weighted by molar-refractivity contribution is -0.141. The molecule has 1 aromatic carbocycles. The molecule has 0 aliphatic heterocycles. The monoisotopic (exact) mass is 314 g/mol. The minimum absolute atomic E-state index is 0.166. The van der Waals surface area contributed by atoms with Crippen LogP contribution in [-0.2, 0) is 6.18 Å². The van der Waals surface area contributed by atoms with Crippen molar-refractivity contribution in [2.24, 2.45) is 0 Å². The lowest BCUT2D eigenvalue weighted by atomic mass is 10.3. The molecule has 2 nitrogen and oxygen atoms in total. The van der Waals surface area contributed by atoms with Crippen LogP contribution in [0.2, 0.25) is 15.2 Å². The molecule has 0 amide bonds. The van der Waals surface area contributed by atoms with E-state index in [0.29, 0.717) is 10.7 Å². The Morgan fingerprint density at radius 2 is 1.67 bits per heavy atom.